The second-order valence-corrected chi connectivity index (χ2v) is 6.34. The summed E-state index contributed by atoms with van der Waals surface area (Å²) >= 11 is 1.54. The minimum absolute atomic E-state index is 0.103. The Bertz CT molecular complexity index is 1040. The smallest absolute Gasteiger partial charge is 0.342 e. The molecule has 27 heavy (non-hydrogen) atoms. The molecule has 0 bridgehead atoms. The van der Waals surface area contributed by atoms with Gasteiger partial charge in [0.1, 0.15) is 5.56 Å². The van der Waals surface area contributed by atoms with Gasteiger partial charge < -0.3 is 9.26 Å². The maximum Gasteiger partial charge on any atom is 0.342 e. The molecule has 9 heteroatoms. The summed E-state index contributed by atoms with van der Waals surface area (Å²) in [6.07, 6.45) is 3.76. The Kier molecular flexibility index (Phi) is 4.75. The fourth-order valence-corrected chi connectivity index (χ4v) is 3.22. The first kappa shape index (κ1) is 17.1. The van der Waals surface area contributed by atoms with Crippen LogP contribution in [0.15, 0.2) is 51.9 Å². The molecule has 0 unspecified atom stereocenters. The molecule has 4 aromatic rings. The zero-order chi connectivity index (χ0) is 18.6. The van der Waals surface area contributed by atoms with Crippen molar-refractivity contribution in [1.29, 1.82) is 0 Å². The highest BCUT2D eigenvalue weighted by molar-refractivity contribution is 7.08. The van der Waals surface area contributed by atoms with Crippen molar-refractivity contribution in [3.63, 3.8) is 0 Å². The lowest BCUT2D eigenvalue weighted by Crippen LogP contribution is -2.10. The van der Waals surface area contributed by atoms with Crippen molar-refractivity contribution in [1.82, 2.24) is 24.9 Å². The van der Waals surface area contributed by atoms with E-state index in [1.165, 1.54) is 6.20 Å². The summed E-state index contributed by atoms with van der Waals surface area (Å²) in [5.74, 6) is 0.856. The lowest BCUT2D eigenvalue weighted by molar-refractivity contribution is 0.0428. The molecular weight excluding hydrogens is 366 g/mol. The van der Waals surface area contributed by atoms with Gasteiger partial charge in [-0.3, -0.25) is 0 Å². The standard InChI is InChI=1S/C18H15N5O3S/c1-2-14-13(9-20-23(14)15-5-3-4-7-19-15)18(24)25-10-16-21-17(22-26-16)12-6-8-27-11-12/h3-9,11H,2,10H2,1H3. The zero-order valence-electron chi connectivity index (χ0n) is 14.4. The van der Waals surface area contributed by atoms with Gasteiger partial charge in [-0.15, -0.1) is 0 Å². The summed E-state index contributed by atoms with van der Waals surface area (Å²) in [6.45, 7) is 1.84. The normalized spacial score (nSPS) is 10.9. The molecule has 4 rings (SSSR count). The molecule has 0 amide bonds. The number of pyridine rings is 1. The molecule has 0 fully saturated rings. The fraction of sp³-hybridized carbons (Fsp3) is 0.167. The van der Waals surface area contributed by atoms with Gasteiger partial charge >= 0.3 is 5.97 Å². The molecule has 0 radical (unpaired) electrons. The quantitative estimate of drug-likeness (QED) is 0.473. The van der Waals surface area contributed by atoms with Gasteiger partial charge in [-0.05, 0) is 30.0 Å². The van der Waals surface area contributed by atoms with Crippen molar-refractivity contribution < 1.29 is 14.1 Å². The van der Waals surface area contributed by atoms with Crippen LogP contribution in [0.2, 0.25) is 0 Å². The Balaban J connectivity index is 1.48. The number of thiophene rings is 1. The first-order valence-corrected chi connectivity index (χ1v) is 9.21. The summed E-state index contributed by atoms with van der Waals surface area (Å²) < 4.78 is 12.1. The highest BCUT2D eigenvalue weighted by Gasteiger charge is 2.20. The number of hydrogen-bond acceptors (Lipinski definition) is 8. The van der Waals surface area contributed by atoms with Crippen LogP contribution in [0.4, 0.5) is 0 Å². The van der Waals surface area contributed by atoms with Crippen molar-refractivity contribution in [2.24, 2.45) is 0 Å². The lowest BCUT2D eigenvalue weighted by Gasteiger charge is -2.06. The van der Waals surface area contributed by atoms with Gasteiger partial charge in [0.15, 0.2) is 12.4 Å². The van der Waals surface area contributed by atoms with Crippen LogP contribution >= 0.6 is 11.3 Å². The van der Waals surface area contributed by atoms with E-state index in [-0.39, 0.29) is 12.5 Å². The van der Waals surface area contributed by atoms with Crippen LogP contribution in [0.3, 0.4) is 0 Å². The van der Waals surface area contributed by atoms with Crippen LogP contribution in [0, 0.1) is 0 Å². The minimum atomic E-state index is -0.496. The third-order valence-electron chi connectivity index (χ3n) is 3.86. The maximum atomic E-state index is 12.5. The molecule has 0 aliphatic carbocycles. The highest BCUT2D eigenvalue weighted by Crippen LogP contribution is 2.19. The monoisotopic (exact) mass is 381 g/mol. The van der Waals surface area contributed by atoms with E-state index in [9.17, 15) is 4.79 Å². The average Bonchev–Trinajstić information content (AvgIpc) is 3.46. The Labute approximate surface area is 158 Å². The molecule has 0 N–H and O–H groups in total. The van der Waals surface area contributed by atoms with E-state index in [0.717, 1.165) is 11.3 Å². The maximum absolute atomic E-state index is 12.5. The first-order valence-electron chi connectivity index (χ1n) is 8.27. The predicted molar refractivity (Wildman–Crippen MR) is 97.5 cm³/mol. The Morgan fingerprint density at radius 3 is 3.00 bits per heavy atom. The molecule has 0 saturated heterocycles. The van der Waals surface area contributed by atoms with Crippen LogP contribution < -0.4 is 0 Å². The average molecular weight is 381 g/mol. The van der Waals surface area contributed by atoms with E-state index < -0.39 is 5.97 Å². The number of carbonyl (C=O) groups is 1. The van der Waals surface area contributed by atoms with Gasteiger partial charge in [0, 0.05) is 17.1 Å². The van der Waals surface area contributed by atoms with Crippen molar-refractivity contribution in [2.45, 2.75) is 20.0 Å². The minimum Gasteiger partial charge on any atom is -0.452 e. The summed E-state index contributed by atoms with van der Waals surface area (Å²) in [6, 6.07) is 7.40. The van der Waals surface area contributed by atoms with Crippen LogP contribution in [0.5, 0.6) is 0 Å². The van der Waals surface area contributed by atoms with Gasteiger partial charge in [0.2, 0.25) is 5.82 Å². The molecule has 0 aliphatic rings. The number of ether oxygens (including phenoxy) is 1. The molecule has 0 spiro atoms. The van der Waals surface area contributed by atoms with Crippen LogP contribution in [0.25, 0.3) is 17.2 Å². The Hall–Kier alpha value is -3.33. The Morgan fingerprint density at radius 2 is 2.26 bits per heavy atom. The molecule has 136 valence electrons. The van der Waals surface area contributed by atoms with Gasteiger partial charge in [0.25, 0.3) is 5.89 Å². The van der Waals surface area contributed by atoms with E-state index in [4.69, 9.17) is 9.26 Å². The molecular formula is C18H15N5O3S. The van der Waals surface area contributed by atoms with Crippen molar-refractivity contribution >= 4 is 17.3 Å². The first-order chi connectivity index (χ1) is 13.3. The second-order valence-electron chi connectivity index (χ2n) is 5.56. The number of rotatable bonds is 6. The summed E-state index contributed by atoms with van der Waals surface area (Å²) in [7, 11) is 0. The largest absolute Gasteiger partial charge is 0.452 e. The molecule has 0 aromatic carbocycles. The van der Waals surface area contributed by atoms with Crippen LogP contribution in [-0.4, -0.2) is 30.9 Å². The number of hydrogen-bond donors (Lipinski definition) is 0. The van der Waals surface area contributed by atoms with Gasteiger partial charge in [-0.2, -0.15) is 21.4 Å². The summed E-state index contributed by atoms with van der Waals surface area (Å²) in [5.41, 5.74) is 1.98. The van der Waals surface area contributed by atoms with Crippen molar-refractivity contribution in [3.8, 4) is 17.2 Å². The third kappa shape index (κ3) is 3.49. The van der Waals surface area contributed by atoms with E-state index in [1.807, 2.05) is 41.9 Å². The van der Waals surface area contributed by atoms with E-state index in [0.29, 0.717) is 23.6 Å². The molecule has 4 heterocycles. The highest BCUT2D eigenvalue weighted by atomic mass is 32.1. The zero-order valence-corrected chi connectivity index (χ0v) is 15.2. The van der Waals surface area contributed by atoms with Crippen molar-refractivity contribution in [2.75, 3.05) is 0 Å². The third-order valence-corrected chi connectivity index (χ3v) is 4.55. The fourth-order valence-electron chi connectivity index (χ4n) is 2.59. The van der Waals surface area contributed by atoms with Crippen LogP contribution in [0.1, 0.15) is 28.9 Å². The van der Waals surface area contributed by atoms with Crippen LogP contribution in [-0.2, 0) is 17.8 Å². The molecule has 4 aromatic heterocycles. The van der Waals surface area contributed by atoms with Gasteiger partial charge in [0.05, 0.1) is 11.9 Å². The number of aromatic nitrogens is 5. The predicted octanol–water partition coefficient (Wildman–Crippen LogP) is 3.30. The number of esters is 1. The van der Waals surface area contributed by atoms with Crippen molar-refractivity contribution in [3.05, 3.63) is 64.6 Å². The molecule has 0 saturated carbocycles. The summed E-state index contributed by atoms with van der Waals surface area (Å²) in [5, 5.41) is 12.0. The Morgan fingerprint density at radius 1 is 1.33 bits per heavy atom. The second kappa shape index (κ2) is 7.50. The summed E-state index contributed by atoms with van der Waals surface area (Å²) in [4.78, 5) is 21.0. The SMILES string of the molecule is CCc1c(C(=O)OCc2nc(-c3ccsc3)no2)cnn1-c1ccccn1. The molecule has 0 atom stereocenters. The molecule has 0 aliphatic heterocycles. The molecule has 8 nitrogen and oxygen atoms in total. The lowest BCUT2D eigenvalue weighted by atomic mass is 10.2. The number of carbonyl (C=O) groups excluding carboxylic acids is 1. The van der Waals surface area contributed by atoms with E-state index in [1.54, 1.807) is 22.2 Å². The topological polar surface area (TPSA) is 95.9 Å². The number of nitrogens with zero attached hydrogens (tertiary/aromatic N) is 5. The van der Waals surface area contributed by atoms with Gasteiger partial charge in [-0.25, -0.2) is 14.5 Å². The van der Waals surface area contributed by atoms with E-state index in [2.05, 4.69) is 20.2 Å². The van der Waals surface area contributed by atoms with Gasteiger partial charge in [-0.1, -0.05) is 18.1 Å². The van der Waals surface area contributed by atoms with E-state index >= 15 is 0 Å².